The maximum atomic E-state index is 13.2. The molecular formula is C18H24N4O2. The van der Waals surface area contributed by atoms with Gasteiger partial charge in [0, 0.05) is 30.6 Å². The predicted octanol–water partition coefficient (Wildman–Crippen LogP) is 2.13. The van der Waals surface area contributed by atoms with Gasteiger partial charge in [-0.05, 0) is 50.9 Å². The lowest BCUT2D eigenvalue weighted by atomic mass is 9.83. The first-order valence-electron chi connectivity index (χ1n) is 8.76. The van der Waals surface area contributed by atoms with Crippen molar-refractivity contribution in [2.45, 2.75) is 25.8 Å². The number of hydrogen-bond acceptors (Lipinski definition) is 4. The molecule has 6 heteroatoms. The molecule has 3 aliphatic heterocycles. The Bertz CT molecular complexity index is 749. The molecule has 0 saturated carbocycles. The molecule has 5 rings (SSSR count). The van der Waals surface area contributed by atoms with Crippen molar-refractivity contribution in [3.05, 3.63) is 23.9 Å². The number of hydrogen-bond donors (Lipinski definition) is 1. The number of carbonyl (C=O) groups excluding carboxylic acids is 1. The number of H-pyrrole nitrogens is 1. The predicted molar refractivity (Wildman–Crippen MR) is 92.3 cm³/mol. The second-order valence-corrected chi connectivity index (χ2v) is 6.78. The number of methoxy groups -OCH3 is 1. The monoisotopic (exact) mass is 328 g/mol. The molecule has 24 heavy (non-hydrogen) atoms. The Labute approximate surface area is 141 Å². The summed E-state index contributed by atoms with van der Waals surface area (Å²) in [5.74, 6) is 1.42. The number of amides is 1. The fourth-order valence-corrected chi connectivity index (χ4v) is 4.24. The van der Waals surface area contributed by atoms with Crippen LogP contribution in [0.4, 0.5) is 0 Å². The van der Waals surface area contributed by atoms with Crippen molar-refractivity contribution in [3.8, 4) is 5.75 Å². The minimum Gasteiger partial charge on any atom is -0.497 e. The summed E-state index contributed by atoms with van der Waals surface area (Å²) in [4.78, 5) is 17.7. The third-order valence-electron chi connectivity index (χ3n) is 5.60. The van der Waals surface area contributed by atoms with E-state index in [4.69, 9.17) is 4.74 Å². The SMILES string of the molecule is CCN(C(=O)c1n[nH]c2cc(OC)ccc12)[C@H]1CN2CCC1CC2. The number of nitrogens with one attached hydrogen (secondary N) is 1. The molecule has 1 atom stereocenters. The zero-order chi connectivity index (χ0) is 16.7. The van der Waals surface area contributed by atoms with Gasteiger partial charge in [0.2, 0.25) is 0 Å². The summed E-state index contributed by atoms with van der Waals surface area (Å²) in [5.41, 5.74) is 1.36. The summed E-state index contributed by atoms with van der Waals surface area (Å²) in [6, 6.07) is 5.98. The molecule has 0 unspecified atom stereocenters. The van der Waals surface area contributed by atoms with Gasteiger partial charge in [0.15, 0.2) is 5.69 Å². The van der Waals surface area contributed by atoms with E-state index in [1.807, 2.05) is 23.1 Å². The lowest BCUT2D eigenvalue weighted by Crippen LogP contribution is -2.58. The first-order chi connectivity index (χ1) is 11.7. The van der Waals surface area contributed by atoms with Crippen molar-refractivity contribution in [1.82, 2.24) is 20.0 Å². The number of piperidine rings is 3. The second-order valence-electron chi connectivity index (χ2n) is 6.78. The quantitative estimate of drug-likeness (QED) is 0.934. The van der Waals surface area contributed by atoms with E-state index in [1.54, 1.807) is 7.11 Å². The third kappa shape index (κ3) is 2.45. The third-order valence-corrected chi connectivity index (χ3v) is 5.60. The molecule has 1 aromatic carbocycles. The van der Waals surface area contributed by atoms with Gasteiger partial charge in [0.05, 0.1) is 12.6 Å². The normalized spacial score (nSPS) is 25.8. The zero-order valence-electron chi connectivity index (χ0n) is 14.3. The Morgan fingerprint density at radius 2 is 2.21 bits per heavy atom. The molecule has 3 saturated heterocycles. The highest BCUT2D eigenvalue weighted by atomic mass is 16.5. The Morgan fingerprint density at radius 1 is 1.42 bits per heavy atom. The molecule has 1 aromatic heterocycles. The van der Waals surface area contributed by atoms with Gasteiger partial charge in [-0.15, -0.1) is 0 Å². The van der Waals surface area contributed by atoms with Crippen LogP contribution >= 0.6 is 0 Å². The number of carbonyl (C=O) groups is 1. The van der Waals surface area contributed by atoms with Gasteiger partial charge < -0.3 is 14.5 Å². The van der Waals surface area contributed by atoms with Crippen LogP contribution in [0.15, 0.2) is 18.2 Å². The first-order valence-corrected chi connectivity index (χ1v) is 8.76. The number of ether oxygens (including phenoxy) is 1. The summed E-state index contributed by atoms with van der Waals surface area (Å²) in [5, 5.41) is 8.14. The summed E-state index contributed by atoms with van der Waals surface area (Å²) >= 11 is 0. The average Bonchev–Trinajstić information content (AvgIpc) is 3.06. The number of fused-ring (bicyclic) bond motifs is 4. The van der Waals surface area contributed by atoms with Gasteiger partial charge in [0.25, 0.3) is 5.91 Å². The van der Waals surface area contributed by atoms with E-state index >= 15 is 0 Å². The molecule has 1 N–H and O–H groups in total. The maximum Gasteiger partial charge on any atom is 0.275 e. The molecule has 6 nitrogen and oxygen atoms in total. The van der Waals surface area contributed by atoms with Crippen LogP contribution in [0, 0.1) is 5.92 Å². The van der Waals surface area contributed by atoms with Crippen LogP contribution in [-0.4, -0.2) is 65.2 Å². The Morgan fingerprint density at radius 3 is 2.83 bits per heavy atom. The zero-order valence-corrected chi connectivity index (χ0v) is 14.3. The molecule has 0 spiro atoms. The Kier molecular flexibility index (Phi) is 3.92. The molecule has 3 fully saturated rings. The smallest absolute Gasteiger partial charge is 0.275 e. The molecule has 128 valence electrons. The fraction of sp³-hybridized carbons (Fsp3) is 0.556. The largest absolute Gasteiger partial charge is 0.497 e. The van der Waals surface area contributed by atoms with Crippen molar-refractivity contribution >= 4 is 16.8 Å². The molecule has 2 aromatic rings. The summed E-state index contributed by atoms with van der Waals surface area (Å²) in [7, 11) is 1.63. The second kappa shape index (κ2) is 6.09. The van der Waals surface area contributed by atoms with Gasteiger partial charge in [-0.25, -0.2) is 0 Å². The van der Waals surface area contributed by atoms with E-state index in [-0.39, 0.29) is 5.91 Å². The van der Waals surface area contributed by atoms with E-state index in [0.29, 0.717) is 17.7 Å². The number of aromatic nitrogens is 2. The standard InChI is InChI=1S/C18H24N4O2/c1-3-22(16-11-21-8-6-12(16)7-9-21)18(23)17-14-5-4-13(24-2)10-15(14)19-20-17/h4-5,10,12,16H,3,6-9,11H2,1-2H3,(H,19,20)/t16-/m0/s1. The Hall–Kier alpha value is -2.08. The lowest BCUT2D eigenvalue weighted by Gasteiger charge is -2.48. The van der Waals surface area contributed by atoms with Crippen molar-refractivity contribution in [2.24, 2.45) is 5.92 Å². The van der Waals surface area contributed by atoms with E-state index in [0.717, 1.165) is 29.7 Å². The molecule has 1 amide bonds. The van der Waals surface area contributed by atoms with E-state index in [9.17, 15) is 4.79 Å². The van der Waals surface area contributed by atoms with E-state index < -0.39 is 0 Å². The van der Waals surface area contributed by atoms with Crippen LogP contribution in [0.3, 0.4) is 0 Å². The van der Waals surface area contributed by atoms with Gasteiger partial charge >= 0.3 is 0 Å². The van der Waals surface area contributed by atoms with Crippen molar-refractivity contribution in [1.29, 1.82) is 0 Å². The molecule has 4 heterocycles. The van der Waals surface area contributed by atoms with Crippen LogP contribution in [0.5, 0.6) is 5.75 Å². The highest BCUT2D eigenvalue weighted by molar-refractivity contribution is 6.05. The summed E-state index contributed by atoms with van der Waals surface area (Å²) in [6.07, 6.45) is 2.40. The van der Waals surface area contributed by atoms with Crippen molar-refractivity contribution in [3.63, 3.8) is 0 Å². The van der Waals surface area contributed by atoms with Crippen LogP contribution in [0.2, 0.25) is 0 Å². The van der Waals surface area contributed by atoms with E-state index in [1.165, 1.54) is 25.9 Å². The number of likely N-dealkylation sites (N-methyl/N-ethyl adjacent to an activating group) is 1. The van der Waals surface area contributed by atoms with Crippen molar-refractivity contribution < 1.29 is 9.53 Å². The summed E-state index contributed by atoms with van der Waals surface area (Å²) < 4.78 is 5.24. The minimum atomic E-state index is 0.0349. The molecule has 3 aliphatic rings. The molecule has 0 radical (unpaired) electrons. The van der Waals surface area contributed by atoms with Gasteiger partial charge in [0.1, 0.15) is 5.75 Å². The number of rotatable bonds is 4. The highest BCUT2D eigenvalue weighted by Crippen LogP contribution is 2.32. The molecule has 2 bridgehead atoms. The molecule has 0 aliphatic carbocycles. The molecular weight excluding hydrogens is 304 g/mol. The number of benzene rings is 1. The summed E-state index contributed by atoms with van der Waals surface area (Å²) in [6.45, 7) is 6.14. The van der Waals surface area contributed by atoms with Crippen LogP contribution in [0.1, 0.15) is 30.3 Å². The Balaban J connectivity index is 1.64. The van der Waals surface area contributed by atoms with Gasteiger partial charge in [-0.2, -0.15) is 5.10 Å². The minimum absolute atomic E-state index is 0.0349. The van der Waals surface area contributed by atoms with E-state index in [2.05, 4.69) is 22.0 Å². The average molecular weight is 328 g/mol. The number of nitrogens with zero attached hydrogens (tertiary/aromatic N) is 3. The maximum absolute atomic E-state index is 13.2. The number of aromatic amines is 1. The lowest BCUT2D eigenvalue weighted by molar-refractivity contribution is 0.00901. The van der Waals surface area contributed by atoms with Crippen LogP contribution in [-0.2, 0) is 0 Å². The van der Waals surface area contributed by atoms with Crippen LogP contribution in [0.25, 0.3) is 10.9 Å². The first kappa shape index (κ1) is 15.4. The fourth-order valence-electron chi connectivity index (χ4n) is 4.24. The van der Waals surface area contributed by atoms with Crippen LogP contribution < -0.4 is 4.74 Å². The topological polar surface area (TPSA) is 61.5 Å². The highest BCUT2D eigenvalue weighted by Gasteiger charge is 2.39. The van der Waals surface area contributed by atoms with Gasteiger partial charge in [-0.1, -0.05) is 0 Å². The van der Waals surface area contributed by atoms with Crippen molar-refractivity contribution in [2.75, 3.05) is 33.3 Å². The van der Waals surface area contributed by atoms with Gasteiger partial charge in [-0.3, -0.25) is 9.89 Å².